The van der Waals surface area contributed by atoms with Crippen LogP contribution < -0.4 is 10.6 Å². The third-order valence-corrected chi connectivity index (χ3v) is 20.8. The van der Waals surface area contributed by atoms with Gasteiger partial charge in [0, 0.05) is 46.2 Å². The van der Waals surface area contributed by atoms with E-state index in [9.17, 15) is 9.59 Å². The second kappa shape index (κ2) is 22.8. The Kier molecular flexibility index (Phi) is 16.0. The van der Waals surface area contributed by atoms with Gasteiger partial charge in [0.2, 0.25) is 0 Å². The Bertz CT molecular complexity index is 2970. The molecule has 0 spiro atoms. The first kappa shape index (κ1) is 55.4. The van der Waals surface area contributed by atoms with E-state index in [0.717, 1.165) is 131 Å². The molecule has 1 aromatic heterocycles. The average molecular weight is 1090 g/mol. The van der Waals surface area contributed by atoms with E-state index in [1.807, 2.05) is 12.1 Å². The van der Waals surface area contributed by atoms with E-state index >= 15 is 17.6 Å². The van der Waals surface area contributed by atoms with Crippen molar-refractivity contribution < 1.29 is 36.6 Å². The molecule has 1 saturated heterocycles. The number of benzene rings is 3. The zero-order chi connectivity index (χ0) is 55.4. The number of rotatable bonds is 16. The Balaban J connectivity index is 0.919. The van der Waals surface area contributed by atoms with Crippen LogP contribution in [0.25, 0.3) is 17.0 Å². The molecule has 424 valence electrons. The van der Waals surface area contributed by atoms with Crippen LogP contribution in [0, 0.1) is 52.4 Å². The number of aromatic nitrogens is 1. The number of hydrogen-bond donors (Lipinski definition) is 3. The van der Waals surface area contributed by atoms with E-state index < -0.39 is 41.3 Å². The van der Waals surface area contributed by atoms with Gasteiger partial charge in [-0.15, -0.1) is 0 Å². The number of ether oxygens (including phenoxy) is 2. The molecule has 0 radical (unpaired) electrons. The summed E-state index contributed by atoms with van der Waals surface area (Å²) in [7, 11) is 2.95. The number of carbonyl (C=O) groups excluding carboxylic acids is 2. The van der Waals surface area contributed by atoms with Crippen LogP contribution in [0.15, 0.2) is 72.8 Å². The van der Waals surface area contributed by atoms with Crippen molar-refractivity contribution in [2.45, 2.75) is 197 Å². The van der Waals surface area contributed by atoms with Gasteiger partial charge >= 0.3 is 6.09 Å². The Morgan fingerprint density at radius 1 is 0.671 bits per heavy atom. The molecule has 1 amide bonds. The molecule has 11 rings (SSSR count). The minimum atomic E-state index is -0.639. The molecule has 12 heteroatoms. The molecule has 3 N–H and O–H groups in total. The number of amides is 1. The summed E-state index contributed by atoms with van der Waals surface area (Å²) in [6, 6.07) is 11.5. The maximum Gasteiger partial charge on any atom is 0.407 e. The lowest BCUT2D eigenvalue weighted by atomic mass is 9.68. The van der Waals surface area contributed by atoms with Gasteiger partial charge < -0.3 is 30.0 Å². The highest BCUT2D eigenvalue weighted by molar-refractivity contribution is 5.89. The number of H-pyrrole nitrogens is 1. The zero-order valence-corrected chi connectivity index (χ0v) is 47.4. The van der Waals surface area contributed by atoms with Crippen LogP contribution in [0.3, 0.4) is 0 Å². The number of alkyl carbamates (subject to hydrolysis) is 1. The highest BCUT2D eigenvalue weighted by atomic mass is 19.1. The topological polar surface area (TPSA) is 95.7 Å². The number of likely N-dealkylation sites (tertiary alicyclic amines) is 1. The van der Waals surface area contributed by atoms with Gasteiger partial charge in [0.25, 0.3) is 0 Å². The number of halogens is 4. The number of nitrogens with zero attached hydrogens (tertiary/aromatic N) is 1. The summed E-state index contributed by atoms with van der Waals surface area (Å²) in [5.41, 5.74) is 7.00. The second-order valence-electron chi connectivity index (χ2n) is 26.1. The largest absolute Gasteiger partial charge is 0.483 e. The van der Waals surface area contributed by atoms with E-state index in [1.165, 1.54) is 24.8 Å². The summed E-state index contributed by atoms with van der Waals surface area (Å²) >= 11 is 0. The second-order valence-corrected chi connectivity index (χ2v) is 26.1. The van der Waals surface area contributed by atoms with E-state index in [1.54, 1.807) is 19.2 Å². The fourth-order valence-corrected chi connectivity index (χ4v) is 16.7. The first-order valence-electron chi connectivity index (χ1n) is 30.2. The molecule has 5 saturated carbocycles. The zero-order valence-electron chi connectivity index (χ0n) is 47.4. The van der Waals surface area contributed by atoms with E-state index in [2.05, 4.69) is 66.6 Å². The summed E-state index contributed by atoms with van der Waals surface area (Å²) < 4.78 is 78.8. The standard InChI is InChI=1S/C67H84F4N4O4/c1-37(63(74-66(77)79-7)40-14-8-9-15-40)75-27-13-20-60(75)45-28-42-30-52(54(68)32-43(42)29-45)49-25-26-50(61(49)46-33-56(70)62(57(71)34-46)39-21-23-47(24-22-39)67(3,4)5)53-31-44-35-59(73-58(44)36-55(53)69)48-18-12-19-51(48)65(76)64(72-38(2)78-6)41-16-10-11-17-41/h28,30-36,39-41,47-51,60-61,63-64,72-73H,1-2,8-27,29H2,3-7H3,(H,74,77)/t39?,47?,48-,49-,50-,51?,60+,61?,63-,64+/m1/s1. The van der Waals surface area contributed by atoms with Crippen LogP contribution in [0.5, 0.6) is 0 Å². The molecule has 2 heterocycles. The molecule has 8 nitrogen and oxygen atoms in total. The van der Waals surface area contributed by atoms with Gasteiger partial charge in [-0.05, 0) is 226 Å². The van der Waals surface area contributed by atoms with Crippen LogP contribution in [0.2, 0.25) is 0 Å². The lowest BCUT2D eigenvalue weighted by Gasteiger charge is -2.37. The van der Waals surface area contributed by atoms with Gasteiger partial charge in [-0.1, -0.05) is 65.5 Å². The third-order valence-electron chi connectivity index (χ3n) is 20.8. The van der Waals surface area contributed by atoms with E-state index in [4.69, 9.17) is 9.47 Å². The predicted octanol–water partition coefficient (Wildman–Crippen LogP) is 16.0. The highest BCUT2D eigenvalue weighted by Crippen LogP contribution is 2.57. The van der Waals surface area contributed by atoms with Crippen LogP contribution >= 0.6 is 0 Å². The monoisotopic (exact) mass is 1080 g/mol. The normalized spacial score (nSPS) is 27.3. The van der Waals surface area contributed by atoms with Gasteiger partial charge in [0.1, 0.15) is 23.3 Å². The Labute approximate surface area is 466 Å². The van der Waals surface area contributed by atoms with Gasteiger partial charge in [0.15, 0.2) is 11.7 Å². The first-order chi connectivity index (χ1) is 38.0. The predicted molar refractivity (Wildman–Crippen MR) is 305 cm³/mol. The number of aromatic amines is 1. The van der Waals surface area contributed by atoms with Crippen LogP contribution in [-0.4, -0.2) is 60.7 Å². The SMILES string of the molecule is C=C(N[C@H](C(=O)C1CCC[C@H]1c1cc2cc([C@H]3CC[C@H](c4cc5c(cc4F)CC([C@@H]4CCCN4C(=C)[C@@H](NC(=O)OC)C4CCCC4)=C5)C3c3cc(F)c(C4CCC(C(C)(C)C)CC4)c(F)c3)c(F)cc2[nH]1)C1CCCC1)OC. The third kappa shape index (κ3) is 10.9. The Morgan fingerprint density at radius 3 is 1.96 bits per heavy atom. The average Bonchev–Trinajstić information content (AvgIpc) is 4.32. The van der Waals surface area contributed by atoms with Crippen molar-refractivity contribution >= 4 is 28.9 Å². The molecule has 6 aliphatic carbocycles. The minimum absolute atomic E-state index is 0.0328. The maximum absolute atomic E-state index is 17.2. The van der Waals surface area contributed by atoms with Gasteiger partial charge in [-0.25, -0.2) is 22.4 Å². The molecule has 7 aliphatic rings. The molecule has 0 bridgehead atoms. The highest BCUT2D eigenvalue weighted by Gasteiger charge is 2.45. The van der Waals surface area contributed by atoms with Gasteiger partial charge in [0.05, 0.1) is 32.3 Å². The maximum atomic E-state index is 17.2. The summed E-state index contributed by atoms with van der Waals surface area (Å²) in [5, 5.41) is 7.25. The van der Waals surface area contributed by atoms with Crippen LogP contribution in [0.4, 0.5) is 22.4 Å². The van der Waals surface area contributed by atoms with Crippen molar-refractivity contribution in [3.8, 4) is 0 Å². The summed E-state index contributed by atoms with van der Waals surface area (Å²) in [6.45, 7) is 16.1. The quantitative estimate of drug-likeness (QED) is 0.0764. The van der Waals surface area contributed by atoms with Crippen molar-refractivity contribution in [1.29, 1.82) is 0 Å². The van der Waals surface area contributed by atoms with Crippen LogP contribution in [0.1, 0.15) is 211 Å². The van der Waals surface area contributed by atoms with Crippen molar-refractivity contribution in [3.63, 3.8) is 0 Å². The lowest BCUT2D eigenvalue weighted by Crippen LogP contribution is -2.46. The molecule has 1 aliphatic heterocycles. The van der Waals surface area contributed by atoms with Crippen molar-refractivity contribution in [3.05, 3.63) is 135 Å². The smallest absolute Gasteiger partial charge is 0.407 e. The molecule has 79 heavy (non-hydrogen) atoms. The number of nitrogens with one attached hydrogen (secondary N) is 3. The Hall–Kier alpha value is -5.52. The van der Waals surface area contributed by atoms with Crippen molar-refractivity contribution in [2.75, 3.05) is 20.8 Å². The number of hydrogen-bond acceptors (Lipinski definition) is 6. The fraction of sp³-hybridized carbons (Fsp3) is 0.582. The van der Waals surface area contributed by atoms with E-state index in [0.29, 0.717) is 66.1 Å². The number of fused-ring (bicyclic) bond motifs is 2. The van der Waals surface area contributed by atoms with Crippen molar-refractivity contribution in [1.82, 2.24) is 20.5 Å². The van der Waals surface area contributed by atoms with Crippen LogP contribution in [-0.2, 0) is 20.7 Å². The number of Topliss-reactive ketones (excluding diaryl/α,β-unsaturated/α-hetero) is 1. The first-order valence-corrected chi connectivity index (χ1v) is 30.2. The minimum Gasteiger partial charge on any atom is -0.483 e. The Morgan fingerprint density at radius 2 is 1.32 bits per heavy atom. The van der Waals surface area contributed by atoms with Gasteiger partial charge in [-0.3, -0.25) is 4.79 Å². The summed E-state index contributed by atoms with van der Waals surface area (Å²) in [4.78, 5) is 33.1. The molecule has 2 unspecified atom stereocenters. The van der Waals surface area contributed by atoms with Crippen molar-refractivity contribution in [2.24, 2.45) is 29.1 Å². The molecule has 6 fully saturated rings. The fourth-order valence-electron chi connectivity index (χ4n) is 16.7. The van der Waals surface area contributed by atoms with E-state index in [-0.39, 0.29) is 70.3 Å². The number of methoxy groups -OCH3 is 2. The molecular formula is C67H84F4N4O4. The number of ketones is 1. The summed E-state index contributed by atoms with van der Waals surface area (Å²) in [6.07, 6.45) is 19.2. The lowest BCUT2D eigenvalue weighted by molar-refractivity contribution is -0.126. The molecule has 4 aromatic rings. The number of carbonyl (C=O) groups is 2. The van der Waals surface area contributed by atoms with Gasteiger partial charge in [-0.2, -0.15) is 0 Å². The molecular weight excluding hydrogens is 1000 g/mol. The molecule has 8 atom stereocenters. The summed E-state index contributed by atoms with van der Waals surface area (Å²) in [5.74, 6) is -2.62. The molecule has 3 aromatic carbocycles.